The van der Waals surface area contributed by atoms with Crippen LogP contribution in [0.4, 0.5) is 5.69 Å². The summed E-state index contributed by atoms with van der Waals surface area (Å²) in [5, 5.41) is 14.3. The lowest BCUT2D eigenvalue weighted by atomic mass is 9.90. The number of anilines is 1. The van der Waals surface area contributed by atoms with Crippen molar-refractivity contribution >= 4 is 35.2 Å². The highest BCUT2D eigenvalue weighted by atomic mass is 16.3. The molecule has 0 radical (unpaired) electrons. The number of imide groups is 1. The summed E-state index contributed by atoms with van der Waals surface area (Å²) < 4.78 is 0. The molecule has 3 N–H and O–H groups in total. The third kappa shape index (κ3) is 6.01. The predicted molar refractivity (Wildman–Crippen MR) is 141 cm³/mol. The molecule has 2 saturated heterocycles. The molecule has 2 fully saturated rings. The summed E-state index contributed by atoms with van der Waals surface area (Å²) in [6.07, 6.45) is 3.26. The first-order valence-corrected chi connectivity index (χ1v) is 13.3. The molecular weight excluding hydrogens is 500 g/mol. The van der Waals surface area contributed by atoms with Gasteiger partial charge in [0, 0.05) is 37.3 Å². The molecule has 0 bridgehead atoms. The number of carbonyl (C=O) groups is 5. The van der Waals surface area contributed by atoms with Crippen LogP contribution in [0.2, 0.25) is 0 Å². The van der Waals surface area contributed by atoms with Crippen molar-refractivity contribution < 1.29 is 29.1 Å². The van der Waals surface area contributed by atoms with Gasteiger partial charge in [-0.1, -0.05) is 24.3 Å². The molecule has 1 unspecified atom stereocenters. The van der Waals surface area contributed by atoms with Crippen LogP contribution in [-0.2, 0) is 38.6 Å². The first kappa shape index (κ1) is 26.6. The van der Waals surface area contributed by atoms with E-state index in [1.54, 1.807) is 17.0 Å². The van der Waals surface area contributed by atoms with E-state index in [0.29, 0.717) is 36.7 Å². The summed E-state index contributed by atoms with van der Waals surface area (Å²) in [6, 6.07) is 12.4. The van der Waals surface area contributed by atoms with Crippen LogP contribution in [0.5, 0.6) is 0 Å². The monoisotopic (exact) mass is 532 g/mol. The van der Waals surface area contributed by atoms with Crippen LogP contribution in [0.15, 0.2) is 42.5 Å². The lowest BCUT2D eigenvalue weighted by Gasteiger charge is -2.31. The fraction of sp³-hybridized carbons (Fsp3) is 0.414. The van der Waals surface area contributed by atoms with E-state index in [-0.39, 0.29) is 43.0 Å². The van der Waals surface area contributed by atoms with E-state index in [9.17, 15) is 24.0 Å². The summed E-state index contributed by atoms with van der Waals surface area (Å²) in [7, 11) is 0. The van der Waals surface area contributed by atoms with Crippen molar-refractivity contribution in [3.8, 4) is 0 Å². The molecule has 5 rings (SSSR count). The molecule has 3 aliphatic rings. The van der Waals surface area contributed by atoms with Gasteiger partial charge < -0.3 is 20.2 Å². The quantitative estimate of drug-likeness (QED) is 0.462. The molecule has 10 nitrogen and oxygen atoms in total. The van der Waals surface area contributed by atoms with Gasteiger partial charge in [-0.25, -0.2) is 0 Å². The molecule has 0 spiro atoms. The fourth-order valence-corrected chi connectivity index (χ4v) is 5.72. The first-order valence-electron chi connectivity index (χ1n) is 13.3. The molecule has 1 atom stereocenters. The fourth-order valence-electron chi connectivity index (χ4n) is 5.72. The van der Waals surface area contributed by atoms with E-state index in [0.717, 1.165) is 36.0 Å². The van der Waals surface area contributed by atoms with Crippen LogP contribution < -0.4 is 10.6 Å². The second kappa shape index (κ2) is 11.4. The third-order valence-corrected chi connectivity index (χ3v) is 7.79. The minimum absolute atomic E-state index is 0.140. The van der Waals surface area contributed by atoms with Crippen LogP contribution in [0, 0.1) is 5.92 Å². The zero-order valence-electron chi connectivity index (χ0n) is 21.7. The molecule has 3 aliphatic heterocycles. The number of fused-ring (bicyclic) bond motifs is 1. The molecule has 3 heterocycles. The topological polar surface area (TPSA) is 136 Å². The number of nitrogens with one attached hydrogen (secondary N) is 2. The van der Waals surface area contributed by atoms with Crippen molar-refractivity contribution in [3.63, 3.8) is 0 Å². The molecule has 204 valence electrons. The maximum atomic E-state index is 12.9. The Morgan fingerprint density at radius 3 is 2.54 bits per heavy atom. The Bertz CT molecular complexity index is 1320. The van der Waals surface area contributed by atoms with E-state index in [4.69, 9.17) is 5.11 Å². The molecule has 0 aliphatic carbocycles. The number of aliphatic hydroxyl groups excluding tert-OH is 1. The minimum Gasteiger partial charge on any atom is -0.387 e. The molecule has 0 aromatic heterocycles. The van der Waals surface area contributed by atoms with Crippen molar-refractivity contribution in [2.24, 2.45) is 5.92 Å². The summed E-state index contributed by atoms with van der Waals surface area (Å²) in [5.41, 5.74) is 3.88. The van der Waals surface area contributed by atoms with Crippen LogP contribution >= 0.6 is 0 Å². The number of amides is 5. The van der Waals surface area contributed by atoms with Gasteiger partial charge in [0.2, 0.25) is 23.6 Å². The highest BCUT2D eigenvalue weighted by Gasteiger charge is 2.39. The molecule has 2 aromatic carbocycles. The van der Waals surface area contributed by atoms with Crippen molar-refractivity contribution in [1.29, 1.82) is 0 Å². The zero-order valence-corrected chi connectivity index (χ0v) is 21.7. The summed E-state index contributed by atoms with van der Waals surface area (Å²) in [4.78, 5) is 64.3. The number of likely N-dealkylation sites (tertiary alicyclic amines) is 1. The van der Waals surface area contributed by atoms with E-state index in [1.807, 2.05) is 30.3 Å². The Morgan fingerprint density at radius 1 is 1.00 bits per heavy atom. The molecular formula is C29H32N4O6. The number of hydrogen-bond acceptors (Lipinski definition) is 6. The number of hydrogen-bond donors (Lipinski definition) is 3. The molecule has 10 heteroatoms. The second-order valence-corrected chi connectivity index (χ2v) is 10.5. The van der Waals surface area contributed by atoms with Gasteiger partial charge in [-0.2, -0.15) is 0 Å². The highest BCUT2D eigenvalue weighted by molar-refractivity contribution is 6.05. The van der Waals surface area contributed by atoms with Gasteiger partial charge in [-0.3, -0.25) is 29.3 Å². The summed E-state index contributed by atoms with van der Waals surface area (Å²) in [5.74, 6) is -0.965. The van der Waals surface area contributed by atoms with Crippen molar-refractivity contribution in [1.82, 2.24) is 15.1 Å². The van der Waals surface area contributed by atoms with Crippen molar-refractivity contribution in [2.45, 2.75) is 51.1 Å². The molecule has 0 saturated carbocycles. The number of piperidine rings is 2. The number of benzene rings is 2. The van der Waals surface area contributed by atoms with Gasteiger partial charge in [0.25, 0.3) is 5.91 Å². The number of aliphatic hydroxyl groups is 1. The van der Waals surface area contributed by atoms with Gasteiger partial charge in [0.15, 0.2) is 0 Å². The van der Waals surface area contributed by atoms with Gasteiger partial charge in [0.1, 0.15) is 12.6 Å². The lowest BCUT2D eigenvalue weighted by molar-refractivity contribution is -0.137. The Kier molecular flexibility index (Phi) is 7.74. The van der Waals surface area contributed by atoms with Gasteiger partial charge in [0.05, 0.1) is 6.42 Å². The van der Waals surface area contributed by atoms with E-state index in [2.05, 4.69) is 10.6 Å². The van der Waals surface area contributed by atoms with Crippen LogP contribution in [0.1, 0.15) is 52.7 Å². The number of carbonyl (C=O) groups excluding carboxylic acids is 5. The normalized spacial score (nSPS) is 19.6. The van der Waals surface area contributed by atoms with Gasteiger partial charge in [-0.15, -0.1) is 0 Å². The van der Waals surface area contributed by atoms with E-state index in [1.165, 1.54) is 4.90 Å². The maximum Gasteiger partial charge on any atom is 0.255 e. The first-order chi connectivity index (χ1) is 18.8. The third-order valence-electron chi connectivity index (χ3n) is 7.79. The molecule has 5 amide bonds. The standard InChI is InChI=1S/C29H32N4O6/c34-17-27(37)32-10-8-18(9-11-32)12-19-2-1-3-22(14-19)30-26(36)15-20-4-5-23-21(13-20)16-33(29(23)39)24-6-7-25(35)31-28(24)38/h1-5,13-14,18,24,34H,6-12,15-17H2,(H,30,36)(H,31,35,38). The number of rotatable bonds is 7. The Hall–Kier alpha value is -4.05. The Labute approximate surface area is 226 Å². The smallest absolute Gasteiger partial charge is 0.255 e. The van der Waals surface area contributed by atoms with E-state index >= 15 is 0 Å². The summed E-state index contributed by atoms with van der Waals surface area (Å²) in [6.45, 7) is 1.12. The zero-order chi connectivity index (χ0) is 27.5. The van der Waals surface area contributed by atoms with Crippen LogP contribution in [0.3, 0.4) is 0 Å². The van der Waals surface area contributed by atoms with Crippen LogP contribution in [-0.4, -0.2) is 70.2 Å². The SMILES string of the molecule is O=C1CCC(N2Cc3cc(CC(=O)Nc4cccc(CC5CCN(C(=O)CO)CC5)c4)ccc3C2=O)C(=O)N1. The maximum absolute atomic E-state index is 12.9. The summed E-state index contributed by atoms with van der Waals surface area (Å²) >= 11 is 0. The average molecular weight is 533 g/mol. The number of nitrogens with zero attached hydrogens (tertiary/aromatic N) is 2. The Balaban J connectivity index is 1.16. The van der Waals surface area contributed by atoms with E-state index < -0.39 is 18.6 Å². The minimum atomic E-state index is -0.669. The molecule has 39 heavy (non-hydrogen) atoms. The van der Waals surface area contributed by atoms with Crippen molar-refractivity contribution in [2.75, 3.05) is 25.0 Å². The lowest BCUT2D eigenvalue weighted by Crippen LogP contribution is -2.52. The highest BCUT2D eigenvalue weighted by Crippen LogP contribution is 2.29. The average Bonchev–Trinajstić information content (AvgIpc) is 3.24. The largest absolute Gasteiger partial charge is 0.387 e. The predicted octanol–water partition coefficient (Wildman–Crippen LogP) is 1.40. The van der Waals surface area contributed by atoms with Crippen molar-refractivity contribution in [3.05, 3.63) is 64.7 Å². The van der Waals surface area contributed by atoms with Gasteiger partial charge in [-0.05, 0) is 66.5 Å². The van der Waals surface area contributed by atoms with Crippen LogP contribution in [0.25, 0.3) is 0 Å². The second-order valence-electron chi connectivity index (χ2n) is 10.5. The molecule has 2 aromatic rings. The van der Waals surface area contributed by atoms with Gasteiger partial charge >= 0.3 is 0 Å². The Morgan fingerprint density at radius 2 is 1.79 bits per heavy atom.